The van der Waals surface area contributed by atoms with E-state index in [4.69, 9.17) is 27.6 Å². The van der Waals surface area contributed by atoms with Gasteiger partial charge in [-0.15, -0.1) is 0 Å². The van der Waals surface area contributed by atoms with Gasteiger partial charge in [0.05, 0.1) is 20.5 Å². The predicted molar refractivity (Wildman–Crippen MR) is 104 cm³/mol. The minimum Gasteiger partial charge on any atom is -0.460 e. The molecule has 0 N–H and O–H groups in total. The van der Waals surface area contributed by atoms with Crippen LogP contribution >= 0.6 is 23.2 Å². The summed E-state index contributed by atoms with van der Waals surface area (Å²) in [6.45, 7) is 1.67. The average molecular weight is 409 g/mol. The summed E-state index contributed by atoms with van der Waals surface area (Å²) in [4.78, 5) is 12.8. The first-order valence-electron chi connectivity index (χ1n) is 7.57. The van der Waals surface area contributed by atoms with Crippen LogP contribution in [0.2, 0.25) is 10.0 Å². The van der Waals surface area contributed by atoms with Crippen LogP contribution in [0.15, 0.2) is 62.6 Å². The zero-order chi connectivity index (χ0) is 19.1. The highest BCUT2D eigenvalue weighted by molar-refractivity contribution is 7.90. The van der Waals surface area contributed by atoms with Gasteiger partial charge in [-0.2, -0.15) is 0 Å². The summed E-state index contributed by atoms with van der Waals surface area (Å²) in [5, 5.41) is 0.702. The highest BCUT2D eigenvalue weighted by atomic mass is 35.5. The summed E-state index contributed by atoms with van der Waals surface area (Å²) >= 11 is 12.0. The van der Waals surface area contributed by atoms with Gasteiger partial charge in [-0.25, -0.2) is 8.42 Å². The molecule has 0 spiro atoms. The summed E-state index contributed by atoms with van der Waals surface area (Å²) in [5.74, 6) is 0.787. The van der Waals surface area contributed by atoms with Crippen molar-refractivity contribution in [3.05, 3.63) is 74.6 Å². The Morgan fingerprint density at radius 1 is 0.885 bits per heavy atom. The number of sulfone groups is 1. The Hall–Kier alpha value is -2.08. The second kappa shape index (κ2) is 6.91. The molecule has 0 aliphatic carbocycles. The number of halogens is 2. The monoisotopic (exact) mass is 408 g/mol. The molecule has 2 aromatic carbocycles. The van der Waals surface area contributed by atoms with Crippen LogP contribution in [0.4, 0.5) is 0 Å². The Kier molecular flexibility index (Phi) is 4.97. The van der Waals surface area contributed by atoms with Crippen LogP contribution in [-0.4, -0.2) is 14.7 Å². The quantitative estimate of drug-likeness (QED) is 0.611. The highest BCUT2D eigenvalue weighted by Gasteiger charge is 2.17. The fourth-order valence-corrected chi connectivity index (χ4v) is 3.52. The molecular formula is C19H14Cl2O4S. The van der Waals surface area contributed by atoms with Crippen LogP contribution in [0.3, 0.4) is 0 Å². The van der Waals surface area contributed by atoms with E-state index in [1.165, 1.54) is 18.2 Å². The highest BCUT2D eigenvalue weighted by Crippen LogP contribution is 2.34. The van der Waals surface area contributed by atoms with Crippen molar-refractivity contribution in [2.45, 2.75) is 11.8 Å². The van der Waals surface area contributed by atoms with E-state index in [1.54, 1.807) is 37.3 Å². The maximum absolute atomic E-state index is 12.6. The lowest BCUT2D eigenvalue weighted by atomic mass is 10.00. The third kappa shape index (κ3) is 3.70. The Labute approximate surface area is 160 Å². The second-order valence-corrected chi connectivity index (χ2v) is 8.68. The van der Waals surface area contributed by atoms with E-state index in [0.29, 0.717) is 38.3 Å². The van der Waals surface area contributed by atoms with E-state index in [0.717, 1.165) is 6.26 Å². The van der Waals surface area contributed by atoms with Crippen LogP contribution in [0.25, 0.3) is 22.5 Å². The molecule has 1 heterocycles. The molecule has 0 saturated heterocycles. The molecular weight excluding hydrogens is 395 g/mol. The predicted octanol–water partition coefficient (Wildman–Crippen LogP) is 4.99. The van der Waals surface area contributed by atoms with Gasteiger partial charge in [-0.3, -0.25) is 4.79 Å². The Bertz CT molecular complexity index is 1150. The third-order valence-electron chi connectivity index (χ3n) is 3.82. The van der Waals surface area contributed by atoms with Crippen LogP contribution in [0.1, 0.15) is 5.76 Å². The Morgan fingerprint density at radius 3 is 2.08 bits per heavy atom. The third-order valence-corrected chi connectivity index (χ3v) is 5.69. The van der Waals surface area contributed by atoms with Crippen molar-refractivity contribution in [1.82, 2.24) is 0 Å². The summed E-state index contributed by atoms with van der Waals surface area (Å²) < 4.78 is 29.1. The normalized spacial score (nSPS) is 11.5. The molecule has 0 atom stereocenters. The second-order valence-electron chi connectivity index (χ2n) is 5.85. The van der Waals surface area contributed by atoms with Crippen LogP contribution in [0.5, 0.6) is 0 Å². The molecule has 3 aromatic rings. The van der Waals surface area contributed by atoms with E-state index in [-0.39, 0.29) is 10.3 Å². The van der Waals surface area contributed by atoms with Crippen LogP contribution < -0.4 is 5.43 Å². The van der Waals surface area contributed by atoms with Gasteiger partial charge in [-0.1, -0.05) is 29.3 Å². The first kappa shape index (κ1) is 18.7. The van der Waals surface area contributed by atoms with E-state index in [2.05, 4.69) is 0 Å². The number of hydrogen-bond acceptors (Lipinski definition) is 4. The number of aryl methyl sites for hydroxylation is 1. The molecule has 0 aliphatic heterocycles. The van der Waals surface area contributed by atoms with E-state index in [1.807, 2.05) is 0 Å². The fourth-order valence-electron chi connectivity index (χ4n) is 2.59. The Balaban J connectivity index is 2.24. The molecule has 26 heavy (non-hydrogen) atoms. The van der Waals surface area contributed by atoms with E-state index < -0.39 is 9.84 Å². The van der Waals surface area contributed by atoms with Crippen LogP contribution in [-0.2, 0) is 9.84 Å². The van der Waals surface area contributed by atoms with Gasteiger partial charge in [0.1, 0.15) is 11.5 Å². The maximum atomic E-state index is 12.6. The van der Waals surface area contributed by atoms with Gasteiger partial charge in [0.15, 0.2) is 15.3 Å². The molecule has 0 fully saturated rings. The number of benzene rings is 2. The molecule has 0 bridgehead atoms. The zero-order valence-electron chi connectivity index (χ0n) is 13.9. The van der Waals surface area contributed by atoms with Crippen molar-refractivity contribution in [3.8, 4) is 22.5 Å². The van der Waals surface area contributed by atoms with Gasteiger partial charge in [-0.05, 0) is 48.9 Å². The summed E-state index contributed by atoms with van der Waals surface area (Å²) in [5.41, 5.74) is 1.25. The molecule has 0 aliphatic rings. The maximum Gasteiger partial charge on any atom is 0.193 e. The Morgan fingerprint density at radius 2 is 1.50 bits per heavy atom. The lowest BCUT2D eigenvalue weighted by Crippen LogP contribution is -2.06. The van der Waals surface area contributed by atoms with Gasteiger partial charge >= 0.3 is 0 Å². The molecule has 0 amide bonds. The van der Waals surface area contributed by atoms with Gasteiger partial charge in [0.25, 0.3) is 0 Å². The lowest BCUT2D eigenvalue weighted by molar-refractivity contribution is 0.531. The van der Waals surface area contributed by atoms with Crippen molar-refractivity contribution >= 4 is 33.0 Å². The molecule has 3 rings (SSSR count). The van der Waals surface area contributed by atoms with Crippen molar-refractivity contribution in [3.63, 3.8) is 0 Å². The molecule has 0 unspecified atom stereocenters. The average Bonchev–Trinajstić information content (AvgIpc) is 2.56. The number of rotatable bonds is 3. The summed E-state index contributed by atoms with van der Waals surface area (Å²) in [7, 11) is -3.32. The largest absolute Gasteiger partial charge is 0.460 e. The molecule has 7 heteroatoms. The van der Waals surface area contributed by atoms with Gasteiger partial charge in [0, 0.05) is 17.9 Å². The first-order chi connectivity index (χ1) is 12.2. The molecule has 134 valence electrons. The number of hydrogen-bond donors (Lipinski definition) is 0. The SMILES string of the molecule is Cc1cc(=O)c(-c2ccc(Cl)c(Cl)c2)c(-c2ccc(S(C)(=O)=O)cc2)o1. The minimum absolute atomic E-state index is 0.187. The molecule has 1 aromatic heterocycles. The molecule has 4 nitrogen and oxygen atoms in total. The van der Waals surface area contributed by atoms with Crippen molar-refractivity contribution in [2.24, 2.45) is 0 Å². The summed E-state index contributed by atoms with van der Waals surface area (Å²) in [6, 6.07) is 12.5. The smallest absolute Gasteiger partial charge is 0.193 e. The first-order valence-corrected chi connectivity index (χ1v) is 10.2. The van der Waals surface area contributed by atoms with Gasteiger partial charge < -0.3 is 4.42 Å². The molecule has 0 saturated carbocycles. The van der Waals surface area contributed by atoms with Gasteiger partial charge in [0.2, 0.25) is 0 Å². The molecule has 0 radical (unpaired) electrons. The van der Waals surface area contributed by atoms with Crippen LogP contribution in [0, 0.1) is 6.92 Å². The van der Waals surface area contributed by atoms with Crippen molar-refractivity contribution in [1.29, 1.82) is 0 Å². The fraction of sp³-hybridized carbons (Fsp3) is 0.105. The van der Waals surface area contributed by atoms with E-state index >= 15 is 0 Å². The van der Waals surface area contributed by atoms with E-state index in [9.17, 15) is 13.2 Å². The topological polar surface area (TPSA) is 64.3 Å². The minimum atomic E-state index is -3.32. The summed E-state index contributed by atoms with van der Waals surface area (Å²) in [6.07, 6.45) is 1.13. The van der Waals surface area contributed by atoms with Crippen molar-refractivity contribution < 1.29 is 12.8 Å². The lowest BCUT2D eigenvalue weighted by Gasteiger charge is -2.11. The standard InChI is InChI=1S/C19H14Cl2O4S/c1-11-9-17(22)18(13-5-8-15(20)16(21)10-13)19(25-11)12-3-6-14(7-4-12)26(2,23)24/h3-10H,1-2H3. The van der Waals surface area contributed by atoms with Crippen molar-refractivity contribution in [2.75, 3.05) is 6.26 Å². The zero-order valence-corrected chi connectivity index (χ0v) is 16.2.